The Morgan fingerprint density at radius 3 is 2.27 bits per heavy atom. The molecule has 200 valence electrons. The summed E-state index contributed by atoms with van der Waals surface area (Å²) < 4.78 is 79.9. The first-order chi connectivity index (χ1) is 17.2. The van der Waals surface area contributed by atoms with Crippen LogP contribution < -0.4 is 5.73 Å². The lowest BCUT2D eigenvalue weighted by atomic mass is 9.98. The number of fused-ring (bicyclic) bond motifs is 3. The summed E-state index contributed by atoms with van der Waals surface area (Å²) in [5.74, 6) is -0.442. The topological polar surface area (TPSA) is 93.7 Å². The molecule has 4 fully saturated rings. The molecule has 7 nitrogen and oxygen atoms in total. The van der Waals surface area contributed by atoms with E-state index in [0.29, 0.717) is 37.4 Å². The normalized spacial score (nSPS) is 30.9. The number of alkyl halides is 6. The maximum atomic E-state index is 13.3. The number of piperazine rings is 1. The summed E-state index contributed by atoms with van der Waals surface area (Å²) in [5, 5.41) is 9.34. The van der Waals surface area contributed by atoms with E-state index < -0.39 is 59.6 Å². The molecule has 3 aliphatic heterocycles. The summed E-state index contributed by atoms with van der Waals surface area (Å²) in [6, 6.07) is -0.0555. The zero-order valence-electron chi connectivity index (χ0n) is 19.8. The Hall–Kier alpha value is -2.85. The van der Waals surface area contributed by atoms with Crippen LogP contribution in [-0.4, -0.2) is 69.8 Å². The zero-order valence-corrected chi connectivity index (χ0v) is 19.8. The Kier molecular flexibility index (Phi) is 5.99. The minimum absolute atomic E-state index is 0.0326. The van der Waals surface area contributed by atoms with Gasteiger partial charge in [-0.15, -0.1) is 0 Å². The highest BCUT2D eigenvalue weighted by molar-refractivity contribution is 5.87. The molecule has 13 heteroatoms. The van der Waals surface area contributed by atoms with Crippen LogP contribution in [0.1, 0.15) is 48.9 Å². The first-order valence-corrected chi connectivity index (χ1v) is 12.0. The van der Waals surface area contributed by atoms with Crippen molar-refractivity contribution >= 4 is 11.8 Å². The number of piperidine rings is 1. The number of rotatable bonds is 5. The Labute approximate surface area is 208 Å². The third-order valence-corrected chi connectivity index (χ3v) is 8.08. The Morgan fingerprint density at radius 1 is 1.11 bits per heavy atom. The summed E-state index contributed by atoms with van der Waals surface area (Å²) in [4.78, 5) is 30.8. The van der Waals surface area contributed by atoms with Crippen molar-refractivity contribution in [1.82, 2.24) is 14.7 Å². The molecule has 1 saturated carbocycles. The molecule has 2 bridgehead atoms. The van der Waals surface area contributed by atoms with Crippen LogP contribution in [-0.2, 0) is 21.9 Å². The fourth-order valence-electron chi connectivity index (χ4n) is 6.19. The molecular weight excluding hydrogens is 504 g/mol. The van der Waals surface area contributed by atoms with E-state index in [1.54, 1.807) is 9.80 Å². The van der Waals surface area contributed by atoms with Crippen molar-refractivity contribution in [2.24, 2.45) is 11.7 Å². The Morgan fingerprint density at radius 2 is 1.73 bits per heavy atom. The summed E-state index contributed by atoms with van der Waals surface area (Å²) in [6.07, 6.45) is -8.15. The van der Waals surface area contributed by atoms with Gasteiger partial charge in [0.05, 0.1) is 35.3 Å². The third kappa shape index (κ3) is 4.44. The molecule has 7 atom stereocenters. The van der Waals surface area contributed by atoms with Crippen molar-refractivity contribution in [1.29, 1.82) is 5.26 Å². The molecule has 4 aliphatic rings. The molecule has 2 amide bonds. The van der Waals surface area contributed by atoms with Crippen molar-refractivity contribution in [3.05, 3.63) is 34.9 Å². The molecule has 2 unspecified atom stereocenters. The van der Waals surface area contributed by atoms with E-state index in [4.69, 9.17) is 5.73 Å². The van der Waals surface area contributed by atoms with Gasteiger partial charge >= 0.3 is 12.4 Å². The first-order valence-electron chi connectivity index (χ1n) is 12.0. The van der Waals surface area contributed by atoms with Crippen LogP contribution in [0.2, 0.25) is 0 Å². The van der Waals surface area contributed by atoms with Gasteiger partial charge in [-0.2, -0.15) is 31.6 Å². The Bertz CT molecular complexity index is 1130. The molecule has 2 N–H and O–H groups in total. The standard InChI is InChI=1S/C24H25F6N5O2/c1-11(12-2-14(23(25,26)27)6-15(3-12)24(28,29)30)34-17-7-20(22(34)37)33(9-17)10-18(32)21(36)35-16(8-31)4-13-5-19(13)35/h2-3,6,11,13,16-20H,4-5,7,9-10,32H2,1H3/t11-,13+,16-,17?,18-,19?,20+/m0/s1. The van der Waals surface area contributed by atoms with Crippen LogP contribution in [0.15, 0.2) is 18.2 Å². The molecule has 0 aromatic heterocycles. The molecule has 0 spiro atoms. The second-order valence-electron chi connectivity index (χ2n) is 10.4. The molecule has 37 heavy (non-hydrogen) atoms. The van der Waals surface area contributed by atoms with E-state index in [1.165, 1.54) is 11.8 Å². The van der Waals surface area contributed by atoms with Crippen LogP contribution in [0, 0.1) is 17.2 Å². The molecule has 3 saturated heterocycles. The second kappa shape index (κ2) is 8.59. The second-order valence-corrected chi connectivity index (χ2v) is 10.4. The van der Waals surface area contributed by atoms with E-state index in [1.807, 2.05) is 0 Å². The van der Waals surface area contributed by atoms with Crippen molar-refractivity contribution in [2.75, 3.05) is 13.1 Å². The predicted molar refractivity (Wildman–Crippen MR) is 116 cm³/mol. The minimum atomic E-state index is -4.98. The number of nitrogens with two attached hydrogens (primary N) is 1. The van der Waals surface area contributed by atoms with Gasteiger partial charge in [0, 0.05) is 25.2 Å². The molecule has 0 radical (unpaired) electrons. The number of carbonyl (C=O) groups excluding carboxylic acids is 2. The van der Waals surface area contributed by atoms with Gasteiger partial charge in [-0.1, -0.05) is 0 Å². The number of carbonyl (C=O) groups is 2. The van der Waals surface area contributed by atoms with E-state index in [0.717, 1.165) is 6.42 Å². The number of nitriles is 1. The Balaban J connectivity index is 1.30. The van der Waals surface area contributed by atoms with E-state index in [2.05, 4.69) is 6.07 Å². The van der Waals surface area contributed by atoms with E-state index in [-0.39, 0.29) is 30.1 Å². The van der Waals surface area contributed by atoms with Crippen LogP contribution in [0.5, 0.6) is 0 Å². The number of likely N-dealkylation sites (tertiary alicyclic amines) is 3. The highest BCUT2D eigenvalue weighted by Gasteiger charge is 2.56. The maximum absolute atomic E-state index is 13.3. The summed E-state index contributed by atoms with van der Waals surface area (Å²) in [5.41, 5.74) is 3.06. The predicted octanol–water partition coefficient (Wildman–Crippen LogP) is 2.91. The quantitative estimate of drug-likeness (QED) is 0.593. The average molecular weight is 529 g/mol. The molecule has 3 heterocycles. The van der Waals surface area contributed by atoms with Crippen LogP contribution >= 0.6 is 0 Å². The lowest BCUT2D eigenvalue weighted by molar-refractivity contribution is -0.143. The van der Waals surface area contributed by atoms with Gasteiger partial charge in [-0.3, -0.25) is 14.5 Å². The van der Waals surface area contributed by atoms with Gasteiger partial charge in [-0.25, -0.2) is 0 Å². The van der Waals surface area contributed by atoms with Gasteiger partial charge in [-0.05, 0) is 55.9 Å². The molecule has 5 rings (SSSR count). The highest BCUT2D eigenvalue weighted by atomic mass is 19.4. The van der Waals surface area contributed by atoms with Gasteiger partial charge in [0.25, 0.3) is 0 Å². The average Bonchev–Trinajstić information content (AvgIpc) is 3.15. The summed E-state index contributed by atoms with van der Waals surface area (Å²) >= 11 is 0. The lowest BCUT2D eigenvalue weighted by Gasteiger charge is -2.39. The monoisotopic (exact) mass is 529 g/mol. The number of benzene rings is 1. The SMILES string of the molecule is C[C@@H](c1cc(C(F)(F)F)cc(C(F)(F)F)c1)N1C(=O)[C@H]2CC1CN2C[C@H](N)C(=O)N1C2C[C@H]2C[C@H]1C#N. The van der Waals surface area contributed by atoms with Crippen molar-refractivity contribution in [3.63, 3.8) is 0 Å². The summed E-state index contributed by atoms with van der Waals surface area (Å²) in [6.45, 7) is 1.78. The number of nitrogens with zero attached hydrogens (tertiary/aromatic N) is 4. The van der Waals surface area contributed by atoms with Crippen molar-refractivity contribution in [2.45, 2.75) is 74.8 Å². The van der Waals surface area contributed by atoms with Gasteiger partial charge in [0.2, 0.25) is 11.8 Å². The number of hydrogen-bond acceptors (Lipinski definition) is 5. The van der Waals surface area contributed by atoms with Crippen LogP contribution in [0.25, 0.3) is 0 Å². The molecule has 1 aromatic rings. The van der Waals surface area contributed by atoms with Gasteiger partial charge in [0.1, 0.15) is 6.04 Å². The number of amides is 2. The molecule has 1 aromatic carbocycles. The number of halogens is 6. The fourth-order valence-corrected chi connectivity index (χ4v) is 6.19. The number of hydrogen-bond donors (Lipinski definition) is 1. The molecule has 1 aliphatic carbocycles. The van der Waals surface area contributed by atoms with Crippen LogP contribution in [0.3, 0.4) is 0 Å². The van der Waals surface area contributed by atoms with E-state index >= 15 is 0 Å². The van der Waals surface area contributed by atoms with Gasteiger partial charge < -0.3 is 15.5 Å². The minimum Gasteiger partial charge on any atom is -0.330 e. The van der Waals surface area contributed by atoms with Crippen LogP contribution in [0.4, 0.5) is 26.3 Å². The zero-order chi connectivity index (χ0) is 27.0. The lowest BCUT2D eigenvalue weighted by Crippen LogP contribution is -2.57. The summed E-state index contributed by atoms with van der Waals surface area (Å²) in [7, 11) is 0. The highest BCUT2D eigenvalue weighted by Crippen LogP contribution is 2.48. The van der Waals surface area contributed by atoms with Crippen molar-refractivity contribution < 1.29 is 35.9 Å². The molecular formula is C24H25F6N5O2. The largest absolute Gasteiger partial charge is 0.416 e. The van der Waals surface area contributed by atoms with Gasteiger partial charge in [0.15, 0.2) is 0 Å². The third-order valence-electron chi connectivity index (χ3n) is 8.08. The van der Waals surface area contributed by atoms with Crippen molar-refractivity contribution in [3.8, 4) is 6.07 Å². The van der Waals surface area contributed by atoms with E-state index in [9.17, 15) is 41.2 Å². The maximum Gasteiger partial charge on any atom is 0.416 e. The smallest absolute Gasteiger partial charge is 0.330 e. The first kappa shape index (κ1) is 25.8. The fraction of sp³-hybridized carbons (Fsp3) is 0.625.